The molecule has 0 spiro atoms. The highest BCUT2D eigenvalue weighted by atomic mass is 32.5. The predicted molar refractivity (Wildman–Crippen MR) is 461 cm³/mol. The molecule has 0 nitrogen and oxygen atoms in total. The lowest BCUT2D eigenvalue weighted by Crippen LogP contribution is -2.89. The van der Waals surface area contributed by atoms with E-state index in [9.17, 15) is 0 Å². The summed E-state index contributed by atoms with van der Waals surface area (Å²) >= 11 is 8.64. The molecule has 0 N–H and O–H groups in total. The number of thiocarbonyl (C=S) groups is 1. The van der Waals surface area contributed by atoms with Crippen LogP contribution in [0.15, 0.2) is 48.5 Å². The average Bonchev–Trinajstić information content (AvgIpc) is 0.654. The quantitative estimate of drug-likeness (QED) is 0.0568. The van der Waals surface area contributed by atoms with Gasteiger partial charge in [-0.3, -0.25) is 0 Å². The minimum atomic E-state index is -3.26. The zero-order valence-corrected chi connectivity index (χ0v) is 82.0. The predicted octanol–water partition coefficient (Wildman–Crippen LogP) is 22.6. The van der Waals surface area contributed by atoms with E-state index in [-0.39, 0.29) is 0 Å². The first-order valence-electron chi connectivity index (χ1n) is 34.9. The van der Waals surface area contributed by atoms with E-state index in [0.29, 0.717) is 31.0 Å². The molecule has 1 aliphatic rings. The molecule has 2 atom stereocenters. The van der Waals surface area contributed by atoms with Crippen LogP contribution in [0.3, 0.4) is 0 Å². The third-order valence-corrected chi connectivity index (χ3v) is 101. The van der Waals surface area contributed by atoms with Crippen LogP contribution in [-0.4, -0.2) is 115 Å². The summed E-state index contributed by atoms with van der Waals surface area (Å²) in [4.78, 5) is 0. The van der Waals surface area contributed by atoms with Crippen LogP contribution in [0.5, 0.6) is 0 Å². The van der Waals surface area contributed by atoms with Gasteiger partial charge in [0, 0.05) is 101 Å². The molecule has 1 heterocycles. The molecule has 4 aromatic rings. The molecule has 89 heavy (non-hydrogen) atoms. The summed E-state index contributed by atoms with van der Waals surface area (Å²) in [6.07, 6.45) is 0. The lowest BCUT2D eigenvalue weighted by Gasteiger charge is -2.61. The van der Waals surface area contributed by atoms with Crippen LogP contribution in [0, 0.1) is 41.5 Å². The first kappa shape index (κ1) is 80.0. The van der Waals surface area contributed by atoms with Crippen molar-refractivity contribution in [3.05, 3.63) is 115 Å². The SMILES string of the molecule is Cc1cc(C)c([Si@]2(c3c(C([Si](C)(C)C)[Si](C)(C)C)cc(C([Si](C)(C)C)[Si](C)(C)C)cc3C([Si](C)(C)C)[Si](C)(C)C)S[Si@@](c3c(C)cc(C)cc3C)(c3c(C([Si](C)(C)C)[Si](C)(C)C)cc(C([Si](C)(C)C)[Si](C)(C)C)cc3C([Si](C)(C)C)[Si](C)(C)C)C2=S)c(C)c1. The van der Waals surface area contributed by atoms with Gasteiger partial charge in [0.2, 0.25) is 14.4 Å². The fourth-order valence-electron chi connectivity index (χ4n) is 21.9. The van der Waals surface area contributed by atoms with Gasteiger partial charge >= 0.3 is 0 Å². The third kappa shape index (κ3) is 16.1. The summed E-state index contributed by atoms with van der Waals surface area (Å²) in [5.74, 6) is 0. The Balaban J connectivity index is 2.52. The van der Waals surface area contributed by atoms with E-state index in [1.54, 1.807) is 25.6 Å². The standard InChI is InChI=1S/C73H140S2Si14/c1-51-43-53(3)63(54(4)44-51)88(65-59(69(80(19,20)21)81(22,23)24)47-57(67(76(7,8)9)77(10,11)12)48-60(65)70(82(25,26)27)83(28,29)30)73(74)89(75-88,64-55(5)45-52(2)46-56(64)6)66-61(71(84(31,32)33)85(34,35)36)49-58(68(78(13,14)15)79(16,17)18)50-62(66)72(86(37,38)39)87(40,41)42/h43-50,67-72H,1-42H3/t88-,89+. The van der Waals surface area contributed by atoms with Crippen molar-refractivity contribution in [1.82, 2.24) is 0 Å². The number of hydrogen-bond acceptors (Lipinski definition) is 2. The molecular formula is C73H140S2Si14. The zero-order chi connectivity index (χ0) is 69.6. The van der Waals surface area contributed by atoms with Crippen LogP contribution in [0.4, 0.5) is 0 Å². The van der Waals surface area contributed by atoms with Crippen molar-refractivity contribution < 1.29 is 0 Å². The van der Waals surface area contributed by atoms with Crippen molar-refractivity contribution in [1.29, 1.82) is 0 Å². The second kappa shape index (κ2) is 25.6. The van der Waals surface area contributed by atoms with E-state index in [0.717, 1.165) is 0 Å². The monoisotopic (exact) mass is 1470 g/mol. The van der Waals surface area contributed by atoms with Crippen molar-refractivity contribution in [2.75, 3.05) is 0 Å². The molecule has 0 aromatic heterocycles. The van der Waals surface area contributed by atoms with Crippen LogP contribution in [-0.2, 0) is 0 Å². The zero-order valence-electron chi connectivity index (χ0n) is 66.4. The molecular weight excluding hydrogens is 1330 g/mol. The number of hydrogen-bond donors (Lipinski definition) is 0. The molecule has 4 aromatic carbocycles. The Morgan fingerprint density at radius 2 is 0.404 bits per heavy atom. The van der Waals surface area contributed by atoms with Crippen molar-refractivity contribution in [3.8, 4) is 0 Å². The molecule has 0 saturated carbocycles. The topological polar surface area (TPSA) is 0 Å². The Labute approximate surface area is 577 Å². The average molecular weight is 1480 g/mol. The molecule has 0 aliphatic carbocycles. The molecule has 1 fully saturated rings. The van der Waals surface area contributed by atoms with Crippen LogP contribution in [0.1, 0.15) is 97.7 Å². The second-order valence-corrected chi connectivity index (χ2v) is 123. The normalized spacial score (nSPS) is 18.7. The number of benzene rings is 4. The van der Waals surface area contributed by atoms with Gasteiger partial charge in [0.05, 0.1) is 0 Å². The van der Waals surface area contributed by atoms with Gasteiger partial charge in [-0.1, -0.05) is 308 Å². The molecule has 500 valence electrons. The van der Waals surface area contributed by atoms with Gasteiger partial charge in [-0.05, 0) is 149 Å². The minimum Gasteiger partial charge on any atom is -0.176 e. The highest BCUT2D eigenvalue weighted by Crippen LogP contribution is 2.56. The van der Waals surface area contributed by atoms with Gasteiger partial charge in [0.15, 0.2) is 0 Å². The largest absolute Gasteiger partial charge is 0.210 e. The molecule has 0 radical (unpaired) electrons. The van der Waals surface area contributed by atoms with Crippen LogP contribution in [0.25, 0.3) is 0 Å². The fourth-order valence-corrected chi connectivity index (χ4v) is 131. The van der Waals surface area contributed by atoms with E-state index in [1.807, 2.05) is 32.6 Å². The summed E-state index contributed by atoms with van der Waals surface area (Å²) in [6.45, 7) is 115. The smallest absolute Gasteiger partial charge is 0.176 e. The highest BCUT2D eigenvalue weighted by Gasteiger charge is 2.72. The summed E-state index contributed by atoms with van der Waals surface area (Å²) in [5, 5.41) is 10.6. The molecule has 5 rings (SSSR count). The minimum absolute atomic E-state index is 0.562. The molecule has 1 saturated heterocycles. The summed E-state index contributed by atoms with van der Waals surface area (Å²) in [6, 6.07) is 22.8. The van der Waals surface area contributed by atoms with Crippen molar-refractivity contribution in [3.63, 3.8) is 0 Å². The van der Waals surface area contributed by atoms with Gasteiger partial charge in [-0.25, -0.2) is 0 Å². The van der Waals surface area contributed by atoms with E-state index < -0.39 is 111 Å². The van der Waals surface area contributed by atoms with Crippen LogP contribution < -0.4 is 20.7 Å². The first-order valence-corrected chi connectivity index (χ1v) is 84.5. The Morgan fingerprint density at radius 1 is 0.247 bits per heavy atom. The molecule has 1 aliphatic heterocycles. The van der Waals surface area contributed by atoms with E-state index in [2.05, 4.69) is 336 Å². The van der Waals surface area contributed by atoms with E-state index in [1.165, 1.54) is 33.4 Å². The summed E-state index contributed by atoms with van der Waals surface area (Å²) < 4.78 is 1.59. The lowest BCUT2D eigenvalue weighted by atomic mass is 10.1. The van der Waals surface area contributed by atoms with Crippen molar-refractivity contribution in [2.24, 2.45) is 0 Å². The highest BCUT2D eigenvalue weighted by molar-refractivity contribution is 8.68. The van der Waals surface area contributed by atoms with Gasteiger partial charge < -0.3 is 0 Å². The summed E-state index contributed by atoms with van der Waals surface area (Å²) in [7, 11) is -26.7. The van der Waals surface area contributed by atoms with E-state index >= 15 is 0 Å². The number of aryl methyl sites for hydroxylation is 6. The molecule has 0 unspecified atom stereocenters. The lowest BCUT2D eigenvalue weighted by molar-refractivity contribution is 1.09. The van der Waals surface area contributed by atoms with Gasteiger partial charge in [-0.2, -0.15) is 10.7 Å². The second-order valence-electron chi connectivity index (χ2n) is 42.5. The Kier molecular flexibility index (Phi) is 23.0. The van der Waals surface area contributed by atoms with Crippen molar-refractivity contribution >= 4 is 159 Å². The fraction of sp³-hybridized carbons (Fsp3) is 0.658. The summed E-state index contributed by atoms with van der Waals surface area (Å²) in [5.41, 5.74) is 19.6. The molecule has 0 amide bonds. The van der Waals surface area contributed by atoms with Crippen LogP contribution >= 0.6 is 22.9 Å². The maximum atomic E-state index is 8.64. The molecule has 16 heteroatoms. The Hall–Kier alpha value is 0.356. The maximum Gasteiger partial charge on any atom is 0.210 e. The third-order valence-electron chi connectivity index (χ3n) is 20.5. The van der Waals surface area contributed by atoms with Gasteiger partial charge in [0.25, 0.3) is 0 Å². The Morgan fingerprint density at radius 3 is 0.539 bits per heavy atom. The van der Waals surface area contributed by atoms with Gasteiger partial charge in [-0.15, -0.1) is 0 Å². The first-order chi connectivity index (χ1) is 39.1. The Bertz CT molecular complexity index is 2840. The molecule has 0 bridgehead atoms. The van der Waals surface area contributed by atoms with Crippen molar-refractivity contribution in [2.45, 2.75) is 308 Å². The maximum absolute atomic E-state index is 8.64. The van der Waals surface area contributed by atoms with Gasteiger partial charge in [0.1, 0.15) is 0 Å². The van der Waals surface area contributed by atoms with Crippen LogP contribution in [0.2, 0.25) is 236 Å². The van der Waals surface area contributed by atoms with E-state index in [4.69, 9.17) is 12.2 Å². The number of rotatable bonds is 22.